The number of nitrogens with zero attached hydrogens (tertiary/aromatic N) is 4. The van der Waals surface area contributed by atoms with Gasteiger partial charge in [0.05, 0.1) is 19.5 Å². The molecule has 2 unspecified atom stereocenters. The van der Waals surface area contributed by atoms with E-state index in [1.807, 2.05) is 6.07 Å². The molecule has 2 aromatic rings. The summed E-state index contributed by atoms with van der Waals surface area (Å²) in [6, 6.07) is 1.56. The molecule has 0 amide bonds. The highest BCUT2D eigenvalue weighted by Gasteiger charge is 2.26. The summed E-state index contributed by atoms with van der Waals surface area (Å²) in [7, 11) is 0. The summed E-state index contributed by atoms with van der Waals surface area (Å²) in [4.78, 5) is 11.1. The van der Waals surface area contributed by atoms with Gasteiger partial charge in [-0.05, 0) is 62.2 Å². The van der Waals surface area contributed by atoms with Crippen LogP contribution in [0, 0.1) is 5.92 Å². The van der Waals surface area contributed by atoms with Gasteiger partial charge in [0, 0.05) is 5.56 Å². The summed E-state index contributed by atoms with van der Waals surface area (Å²) < 4.78 is 3.38. The van der Waals surface area contributed by atoms with Gasteiger partial charge in [-0.2, -0.15) is 0 Å². The van der Waals surface area contributed by atoms with Crippen LogP contribution in [0.4, 0.5) is 0 Å². The van der Waals surface area contributed by atoms with Crippen LogP contribution < -0.4 is 0 Å². The number of carboxylic acid groups (broad SMARTS) is 1. The molecule has 0 aliphatic rings. The van der Waals surface area contributed by atoms with Crippen LogP contribution in [0.5, 0.6) is 0 Å². The van der Waals surface area contributed by atoms with Crippen LogP contribution in [0.15, 0.2) is 13.6 Å². The minimum Gasteiger partial charge on any atom is -0.481 e. The lowest BCUT2D eigenvalue weighted by molar-refractivity contribution is -0.142. The van der Waals surface area contributed by atoms with Gasteiger partial charge in [-0.1, -0.05) is 0 Å². The van der Waals surface area contributed by atoms with Gasteiger partial charge in [0.1, 0.15) is 0 Å². The first-order valence-corrected chi connectivity index (χ1v) is 7.78. The van der Waals surface area contributed by atoms with Crippen molar-refractivity contribution in [1.29, 1.82) is 0 Å². The third kappa shape index (κ3) is 2.87. The van der Waals surface area contributed by atoms with Crippen molar-refractivity contribution in [2.24, 2.45) is 5.92 Å². The molecule has 2 heterocycles. The molecule has 2 rings (SSSR count). The van der Waals surface area contributed by atoms with E-state index < -0.39 is 11.9 Å². The first-order chi connectivity index (χ1) is 8.91. The number of carbonyl (C=O) groups is 1. The van der Waals surface area contributed by atoms with Crippen molar-refractivity contribution in [2.45, 2.75) is 19.9 Å². The molecule has 0 saturated heterocycles. The van der Waals surface area contributed by atoms with Gasteiger partial charge in [-0.15, -0.1) is 16.4 Å². The monoisotopic (exact) mass is 408 g/mol. The van der Waals surface area contributed by atoms with E-state index in [9.17, 15) is 4.79 Å². The molecule has 0 spiro atoms. The molecule has 9 heteroatoms. The Kier molecular flexibility index (Phi) is 4.36. The first kappa shape index (κ1) is 14.6. The van der Waals surface area contributed by atoms with Crippen molar-refractivity contribution in [2.75, 3.05) is 0 Å². The van der Waals surface area contributed by atoms with Crippen molar-refractivity contribution < 1.29 is 9.90 Å². The fraction of sp³-hybridized carbons (Fsp3) is 0.400. The SMILES string of the molecule is CC(C(=O)O)C(C)n1nnnc1-c1cc(Br)sc1Br. The molecule has 2 aromatic heterocycles. The molecule has 1 N–H and O–H groups in total. The average molecular weight is 410 g/mol. The first-order valence-electron chi connectivity index (χ1n) is 5.37. The molecule has 6 nitrogen and oxygen atoms in total. The Labute approximate surface area is 130 Å². The number of hydrogen-bond donors (Lipinski definition) is 1. The molecule has 102 valence electrons. The van der Waals surface area contributed by atoms with Crippen molar-refractivity contribution in [3.63, 3.8) is 0 Å². The summed E-state index contributed by atoms with van der Waals surface area (Å²) in [6.45, 7) is 3.42. The van der Waals surface area contributed by atoms with Crippen LogP contribution >= 0.6 is 43.2 Å². The molecule has 0 fully saturated rings. The standard InChI is InChI=1S/C10H10Br2N4O2S/c1-4(10(17)18)5(2)16-9(13-14-15-16)6-3-7(11)19-8(6)12/h3-5H,1-2H3,(H,17,18). The smallest absolute Gasteiger partial charge is 0.308 e. The summed E-state index contributed by atoms with van der Waals surface area (Å²) >= 11 is 8.36. The second-order valence-corrected chi connectivity index (χ2v) is 7.80. The van der Waals surface area contributed by atoms with Crippen LogP contribution in [0.3, 0.4) is 0 Å². The van der Waals surface area contributed by atoms with E-state index >= 15 is 0 Å². The number of tetrazole rings is 1. The Bertz CT molecular complexity index is 612. The molecule has 0 bridgehead atoms. The maximum absolute atomic E-state index is 11.1. The normalized spacial score (nSPS) is 14.3. The number of hydrogen-bond acceptors (Lipinski definition) is 5. The molecule has 0 radical (unpaired) electrons. The van der Waals surface area contributed by atoms with Crippen molar-refractivity contribution in [3.8, 4) is 11.4 Å². The molecule has 2 atom stereocenters. The zero-order valence-corrected chi connectivity index (χ0v) is 14.0. The summed E-state index contributed by atoms with van der Waals surface area (Å²) in [5, 5.41) is 20.6. The van der Waals surface area contributed by atoms with Gasteiger partial charge >= 0.3 is 5.97 Å². The van der Waals surface area contributed by atoms with E-state index in [4.69, 9.17) is 5.11 Å². The van der Waals surface area contributed by atoms with Gasteiger partial charge in [0.15, 0.2) is 5.82 Å². The van der Waals surface area contributed by atoms with Crippen LogP contribution in [0.25, 0.3) is 11.4 Å². The highest BCUT2D eigenvalue weighted by molar-refractivity contribution is 9.12. The number of halogens is 2. The van der Waals surface area contributed by atoms with E-state index in [0.29, 0.717) is 5.82 Å². The van der Waals surface area contributed by atoms with Gasteiger partial charge in [-0.3, -0.25) is 4.79 Å². The highest BCUT2D eigenvalue weighted by Crippen LogP contribution is 2.38. The third-order valence-electron chi connectivity index (χ3n) is 2.89. The van der Waals surface area contributed by atoms with Gasteiger partial charge in [0.25, 0.3) is 0 Å². The second kappa shape index (κ2) is 5.68. The Morgan fingerprint density at radius 1 is 1.47 bits per heavy atom. The molecule has 19 heavy (non-hydrogen) atoms. The maximum atomic E-state index is 11.1. The Hall–Kier alpha value is -0.800. The van der Waals surface area contributed by atoms with Gasteiger partial charge < -0.3 is 5.11 Å². The van der Waals surface area contributed by atoms with Crippen LogP contribution in [0.2, 0.25) is 0 Å². The predicted molar refractivity (Wildman–Crippen MR) is 78.0 cm³/mol. The number of thiophene rings is 1. The lowest BCUT2D eigenvalue weighted by Crippen LogP contribution is -2.23. The van der Waals surface area contributed by atoms with E-state index in [0.717, 1.165) is 13.1 Å². The zero-order valence-electron chi connectivity index (χ0n) is 10.0. The predicted octanol–water partition coefficient (Wildman–Crippen LogP) is 3.21. The number of rotatable bonds is 4. The van der Waals surface area contributed by atoms with E-state index in [1.54, 1.807) is 13.8 Å². The Balaban J connectivity index is 2.43. The van der Waals surface area contributed by atoms with E-state index in [1.165, 1.54) is 16.0 Å². The lowest BCUT2D eigenvalue weighted by atomic mass is 10.0. The summed E-state index contributed by atoms with van der Waals surface area (Å²) in [6.07, 6.45) is 0. The van der Waals surface area contributed by atoms with Gasteiger partial charge in [0.2, 0.25) is 0 Å². The molecular formula is C10H10Br2N4O2S. The zero-order chi connectivity index (χ0) is 14.2. The van der Waals surface area contributed by atoms with Crippen LogP contribution in [0.1, 0.15) is 19.9 Å². The topological polar surface area (TPSA) is 80.9 Å². The quantitative estimate of drug-likeness (QED) is 0.838. The van der Waals surface area contributed by atoms with Crippen molar-refractivity contribution in [3.05, 3.63) is 13.6 Å². The molecular weight excluding hydrogens is 400 g/mol. The van der Waals surface area contributed by atoms with E-state index in [2.05, 4.69) is 47.4 Å². The lowest BCUT2D eigenvalue weighted by Gasteiger charge is -2.16. The minimum atomic E-state index is -0.875. The Morgan fingerprint density at radius 3 is 2.68 bits per heavy atom. The summed E-state index contributed by atoms with van der Waals surface area (Å²) in [5.41, 5.74) is 0.839. The fourth-order valence-electron chi connectivity index (χ4n) is 1.56. The second-order valence-electron chi connectivity index (χ2n) is 4.05. The molecule has 0 aliphatic carbocycles. The van der Waals surface area contributed by atoms with Crippen LogP contribution in [-0.4, -0.2) is 31.3 Å². The van der Waals surface area contributed by atoms with Gasteiger partial charge in [-0.25, -0.2) is 4.68 Å². The van der Waals surface area contributed by atoms with Crippen molar-refractivity contribution in [1.82, 2.24) is 20.2 Å². The van der Waals surface area contributed by atoms with Crippen LogP contribution in [-0.2, 0) is 4.79 Å². The third-order valence-corrected chi connectivity index (χ3v) is 5.23. The largest absolute Gasteiger partial charge is 0.481 e. The summed E-state index contributed by atoms with van der Waals surface area (Å²) in [5.74, 6) is -0.906. The Morgan fingerprint density at radius 2 is 2.16 bits per heavy atom. The number of carboxylic acids is 1. The molecule has 0 saturated carbocycles. The molecule has 0 aromatic carbocycles. The van der Waals surface area contributed by atoms with Crippen molar-refractivity contribution >= 4 is 49.2 Å². The number of aliphatic carboxylic acids is 1. The highest BCUT2D eigenvalue weighted by atomic mass is 79.9. The van der Waals surface area contributed by atoms with E-state index in [-0.39, 0.29) is 6.04 Å². The number of aromatic nitrogens is 4. The minimum absolute atomic E-state index is 0.340. The molecule has 0 aliphatic heterocycles. The average Bonchev–Trinajstić information content (AvgIpc) is 2.93. The fourth-order valence-corrected chi connectivity index (χ4v) is 4.35. The maximum Gasteiger partial charge on any atom is 0.308 e.